The highest BCUT2D eigenvalue weighted by Crippen LogP contribution is 2.11. The molecule has 2 aromatic heterocycles. The second-order valence-corrected chi connectivity index (χ2v) is 4.37. The van der Waals surface area contributed by atoms with Gasteiger partial charge >= 0.3 is 5.69 Å². The molecule has 0 aliphatic rings. The van der Waals surface area contributed by atoms with Crippen LogP contribution in [0.25, 0.3) is 5.65 Å². The quantitative estimate of drug-likeness (QED) is 0.755. The third-order valence-corrected chi connectivity index (χ3v) is 3.05. The average molecular weight is 273 g/mol. The van der Waals surface area contributed by atoms with Crippen molar-refractivity contribution in [2.75, 3.05) is 0 Å². The molecule has 0 unspecified atom stereocenters. The molecule has 3 aromatic rings. The van der Waals surface area contributed by atoms with Crippen LogP contribution in [0.2, 0.25) is 0 Å². The molecule has 2 N–H and O–H groups in total. The first kappa shape index (κ1) is 12.5. The van der Waals surface area contributed by atoms with Gasteiger partial charge in [-0.3, -0.25) is 4.98 Å². The normalized spacial score (nSPS) is 11.1. The maximum absolute atomic E-state index is 13.8. The minimum atomic E-state index is -0.385. The molecule has 2 heterocycles. The van der Waals surface area contributed by atoms with Crippen LogP contribution >= 0.6 is 0 Å². The van der Waals surface area contributed by atoms with E-state index in [0.29, 0.717) is 17.8 Å². The predicted molar refractivity (Wildman–Crippen MR) is 70.6 cm³/mol. The molecule has 7 heteroatoms. The highest BCUT2D eigenvalue weighted by Gasteiger charge is 2.10. The molecular formula is C13H12FN5O. The molecule has 0 saturated carbocycles. The van der Waals surface area contributed by atoms with Gasteiger partial charge < -0.3 is 5.73 Å². The highest BCUT2D eigenvalue weighted by atomic mass is 19.1. The average Bonchev–Trinajstić information content (AvgIpc) is 2.78. The van der Waals surface area contributed by atoms with E-state index in [-0.39, 0.29) is 18.1 Å². The lowest BCUT2D eigenvalue weighted by Gasteiger charge is -2.04. The fourth-order valence-corrected chi connectivity index (χ4v) is 2.02. The summed E-state index contributed by atoms with van der Waals surface area (Å²) < 4.78 is 16.3. The molecule has 0 fully saturated rings. The van der Waals surface area contributed by atoms with E-state index in [1.165, 1.54) is 33.7 Å². The Bertz CT molecular complexity index is 823. The van der Waals surface area contributed by atoms with E-state index in [1.807, 2.05) is 0 Å². The van der Waals surface area contributed by atoms with Gasteiger partial charge in [-0.1, -0.05) is 6.07 Å². The summed E-state index contributed by atoms with van der Waals surface area (Å²) in [5, 5.41) is 4.11. The van der Waals surface area contributed by atoms with Gasteiger partial charge in [0.25, 0.3) is 0 Å². The van der Waals surface area contributed by atoms with Crippen LogP contribution in [0, 0.1) is 5.82 Å². The molecule has 3 rings (SSSR count). The van der Waals surface area contributed by atoms with E-state index < -0.39 is 0 Å². The SMILES string of the molecule is NCc1ccc(F)c(Cn2nc3cnccn3c2=O)c1. The van der Waals surface area contributed by atoms with Crippen molar-refractivity contribution in [1.82, 2.24) is 19.2 Å². The maximum atomic E-state index is 13.8. The number of aromatic nitrogens is 4. The van der Waals surface area contributed by atoms with Crippen molar-refractivity contribution in [2.45, 2.75) is 13.1 Å². The second-order valence-electron chi connectivity index (χ2n) is 4.37. The summed E-state index contributed by atoms with van der Waals surface area (Å²) in [6.45, 7) is 0.372. The molecule has 102 valence electrons. The number of fused-ring (bicyclic) bond motifs is 1. The van der Waals surface area contributed by atoms with Gasteiger partial charge in [0, 0.05) is 24.5 Å². The van der Waals surface area contributed by atoms with Gasteiger partial charge in [-0.2, -0.15) is 0 Å². The van der Waals surface area contributed by atoms with E-state index in [0.717, 1.165) is 5.56 Å². The molecule has 0 amide bonds. The highest BCUT2D eigenvalue weighted by molar-refractivity contribution is 5.32. The predicted octanol–water partition coefficient (Wildman–Crippen LogP) is 0.537. The minimum absolute atomic E-state index is 0.0557. The van der Waals surface area contributed by atoms with Crippen LogP contribution in [0.5, 0.6) is 0 Å². The van der Waals surface area contributed by atoms with Gasteiger partial charge in [-0.15, -0.1) is 5.10 Å². The van der Waals surface area contributed by atoms with Crippen molar-refractivity contribution in [3.05, 3.63) is 64.2 Å². The van der Waals surface area contributed by atoms with Crippen LogP contribution in [0.3, 0.4) is 0 Å². The molecule has 0 bridgehead atoms. The smallest absolute Gasteiger partial charge is 0.326 e. The Balaban J connectivity index is 2.05. The number of nitrogens with two attached hydrogens (primary N) is 1. The molecule has 0 aliphatic heterocycles. The summed E-state index contributed by atoms with van der Waals surface area (Å²) in [5.41, 5.74) is 6.81. The number of hydrogen-bond donors (Lipinski definition) is 1. The van der Waals surface area contributed by atoms with Gasteiger partial charge in [0.1, 0.15) is 5.82 Å². The van der Waals surface area contributed by atoms with Crippen molar-refractivity contribution >= 4 is 5.65 Å². The Kier molecular flexibility index (Phi) is 3.03. The summed E-state index contributed by atoms with van der Waals surface area (Å²) in [4.78, 5) is 16.0. The number of benzene rings is 1. The van der Waals surface area contributed by atoms with E-state index in [9.17, 15) is 9.18 Å². The van der Waals surface area contributed by atoms with Crippen molar-refractivity contribution in [1.29, 1.82) is 0 Å². The van der Waals surface area contributed by atoms with Crippen LogP contribution < -0.4 is 11.4 Å². The van der Waals surface area contributed by atoms with Gasteiger partial charge in [-0.25, -0.2) is 18.3 Å². The van der Waals surface area contributed by atoms with E-state index in [1.54, 1.807) is 12.1 Å². The Morgan fingerprint density at radius 3 is 2.95 bits per heavy atom. The van der Waals surface area contributed by atoms with Crippen molar-refractivity contribution in [3.63, 3.8) is 0 Å². The third kappa shape index (κ3) is 2.08. The largest absolute Gasteiger partial charge is 0.350 e. The van der Waals surface area contributed by atoms with Crippen LogP contribution in [0.15, 0.2) is 41.6 Å². The molecule has 0 saturated heterocycles. The summed E-state index contributed by atoms with van der Waals surface area (Å²) in [6, 6.07) is 4.61. The van der Waals surface area contributed by atoms with Gasteiger partial charge in [0.05, 0.1) is 12.7 Å². The second kappa shape index (κ2) is 4.86. The summed E-state index contributed by atoms with van der Waals surface area (Å²) in [6.07, 6.45) is 4.49. The zero-order valence-electron chi connectivity index (χ0n) is 10.5. The molecule has 20 heavy (non-hydrogen) atoms. The monoisotopic (exact) mass is 273 g/mol. The Morgan fingerprint density at radius 1 is 1.35 bits per heavy atom. The maximum Gasteiger partial charge on any atom is 0.350 e. The molecule has 1 aromatic carbocycles. The van der Waals surface area contributed by atoms with Crippen molar-refractivity contribution < 1.29 is 4.39 Å². The Labute approximate surface area is 113 Å². The standard InChI is InChI=1S/C13H12FN5O/c14-11-2-1-9(6-15)5-10(11)8-19-13(20)18-4-3-16-7-12(18)17-19/h1-5,7H,6,8,15H2. The third-order valence-electron chi connectivity index (χ3n) is 3.05. The molecular weight excluding hydrogens is 261 g/mol. The number of nitrogens with zero attached hydrogens (tertiary/aromatic N) is 4. The molecule has 6 nitrogen and oxygen atoms in total. The molecule has 0 spiro atoms. The molecule has 0 radical (unpaired) electrons. The minimum Gasteiger partial charge on any atom is -0.326 e. The zero-order chi connectivity index (χ0) is 14.1. The lowest BCUT2D eigenvalue weighted by Crippen LogP contribution is -2.22. The topological polar surface area (TPSA) is 78.2 Å². The van der Waals surface area contributed by atoms with Crippen molar-refractivity contribution in [3.8, 4) is 0 Å². The fourth-order valence-electron chi connectivity index (χ4n) is 2.02. The summed E-state index contributed by atoms with van der Waals surface area (Å²) in [5.74, 6) is -0.385. The van der Waals surface area contributed by atoms with E-state index >= 15 is 0 Å². The Hall–Kier alpha value is -2.54. The summed E-state index contributed by atoms with van der Waals surface area (Å²) >= 11 is 0. The van der Waals surface area contributed by atoms with Gasteiger partial charge in [0.15, 0.2) is 5.65 Å². The van der Waals surface area contributed by atoms with E-state index in [4.69, 9.17) is 5.73 Å². The number of hydrogen-bond acceptors (Lipinski definition) is 4. The lowest BCUT2D eigenvalue weighted by atomic mass is 10.1. The first-order chi connectivity index (χ1) is 9.69. The van der Waals surface area contributed by atoms with Crippen LogP contribution in [-0.2, 0) is 13.1 Å². The van der Waals surface area contributed by atoms with Crippen LogP contribution in [0.4, 0.5) is 4.39 Å². The van der Waals surface area contributed by atoms with Gasteiger partial charge in [-0.05, 0) is 17.7 Å². The van der Waals surface area contributed by atoms with Crippen LogP contribution in [-0.4, -0.2) is 19.2 Å². The number of halogens is 1. The van der Waals surface area contributed by atoms with E-state index in [2.05, 4.69) is 10.1 Å². The van der Waals surface area contributed by atoms with Crippen molar-refractivity contribution in [2.24, 2.45) is 5.73 Å². The first-order valence-corrected chi connectivity index (χ1v) is 6.05. The zero-order valence-corrected chi connectivity index (χ0v) is 10.5. The molecule has 0 aliphatic carbocycles. The fraction of sp³-hybridized carbons (Fsp3) is 0.154. The Morgan fingerprint density at radius 2 is 2.20 bits per heavy atom. The van der Waals surface area contributed by atoms with Gasteiger partial charge in [0.2, 0.25) is 0 Å². The lowest BCUT2D eigenvalue weighted by molar-refractivity contribution is 0.577. The molecule has 0 atom stereocenters. The number of rotatable bonds is 3. The first-order valence-electron chi connectivity index (χ1n) is 6.05. The van der Waals surface area contributed by atoms with Crippen LogP contribution in [0.1, 0.15) is 11.1 Å². The summed E-state index contributed by atoms with van der Waals surface area (Å²) in [7, 11) is 0.